The molecule has 1 aliphatic rings. The lowest BCUT2D eigenvalue weighted by Gasteiger charge is -2.35. The van der Waals surface area contributed by atoms with Gasteiger partial charge in [0.2, 0.25) is 0 Å². The largest absolute Gasteiger partial charge is 0.387 e. The first kappa shape index (κ1) is 21.4. The molecule has 1 amide bonds. The summed E-state index contributed by atoms with van der Waals surface area (Å²) in [6, 6.07) is 6.61. The van der Waals surface area contributed by atoms with E-state index in [4.69, 9.17) is 5.26 Å². The van der Waals surface area contributed by atoms with Gasteiger partial charge in [0.05, 0.1) is 23.5 Å². The molecule has 0 radical (unpaired) electrons. The number of hydrogen-bond acceptors (Lipinski definition) is 6. The summed E-state index contributed by atoms with van der Waals surface area (Å²) in [6.45, 7) is 1.96. The normalized spacial score (nSPS) is 19.2. The predicted octanol–water partition coefficient (Wildman–Crippen LogP) is 3.27. The molecule has 1 saturated carbocycles. The van der Waals surface area contributed by atoms with Gasteiger partial charge in [0, 0.05) is 43.5 Å². The summed E-state index contributed by atoms with van der Waals surface area (Å²) < 4.78 is 13.7. The topological polar surface area (TPSA) is 119 Å². The molecule has 0 bridgehead atoms. The maximum absolute atomic E-state index is 13.7. The van der Waals surface area contributed by atoms with E-state index in [1.807, 2.05) is 6.92 Å². The van der Waals surface area contributed by atoms with Gasteiger partial charge in [-0.2, -0.15) is 5.26 Å². The number of carbonyl (C=O) groups is 1. The molecule has 1 fully saturated rings. The van der Waals surface area contributed by atoms with Crippen LogP contribution >= 0.6 is 0 Å². The Bertz CT molecular complexity index is 1240. The van der Waals surface area contributed by atoms with Crippen LogP contribution in [0, 0.1) is 29.0 Å². The van der Waals surface area contributed by atoms with Crippen LogP contribution in [0.3, 0.4) is 0 Å². The van der Waals surface area contributed by atoms with Crippen molar-refractivity contribution in [1.82, 2.24) is 20.3 Å². The molecule has 164 valence electrons. The molecule has 1 aromatic carbocycles. The summed E-state index contributed by atoms with van der Waals surface area (Å²) >= 11 is 0. The number of hydrogen-bond donors (Lipinski definition) is 3. The van der Waals surface area contributed by atoms with Gasteiger partial charge < -0.3 is 15.6 Å². The van der Waals surface area contributed by atoms with Crippen molar-refractivity contribution < 1.29 is 9.18 Å². The standard InChI is InChI=1S/C23H24FN7O/c1-12(14-6-13(7-14)9-25)30-23(32)17-10-28-22-21(17)31-19(11-29-22)20(27-3)16-5-4-15(24)8-18(16)26-2/h4-5,8,10-14,26H,6-7H2,1-3H3,(H,28,29)(H,30,32)/b27-20+. The van der Waals surface area contributed by atoms with E-state index in [0.29, 0.717) is 45.3 Å². The number of anilines is 1. The number of carbonyl (C=O) groups excluding carboxylic acids is 1. The van der Waals surface area contributed by atoms with Crippen LogP contribution in [0.5, 0.6) is 0 Å². The number of fused-ring (bicyclic) bond motifs is 1. The fraction of sp³-hybridized carbons (Fsp3) is 0.348. The third-order valence-electron chi connectivity index (χ3n) is 6.02. The molecule has 1 atom stereocenters. The summed E-state index contributed by atoms with van der Waals surface area (Å²) in [4.78, 5) is 29.3. The van der Waals surface area contributed by atoms with Gasteiger partial charge in [-0.15, -0.1) is 0 Å². The maximum Gasteiger partial charge on any atom is 0.255 e. The molecule has 0 aliphatic heterocycles. The zero-order valence-corrected chi connectivity index (χ0v) is 18.1. The van der Waals surface area contributed by atoms with E-state index < -0.39 is 0 Å². The number of aromatic amines is 1. The van der Waals surface area contributed by atoms with Crippen molar-refractivity contribution in [3.63, 3.8) is 0 Å². The molecular formula is C23H24FN7O. The lowest BCUT2D eigenvalue weighted by atomic mass is 9.72. The Kier molecular flexibility index (Phi) is 5.86. The predicted molar refractivity (Wildman–Crippen MR) is 120 cm³/mol. The first-order valence-corrected chi connectivity index (χ1v) is 10.4. The third kappa shape index (κ3) is 3.91. The third-order valence-corrected chi connectivity index (χ3v) is 6.02. The van der Waals surface area contributed by atoms with Crippen molar-refractivity contribution in [1.29, 1.82) is 5.26 Å². The highest BCUT2D eigenvalue weighted by Gasteiger charge is 2.34. The Labute approximate surface area is 185 Å². The Morgan fingerprint density at radius 1 is 1.38 bits per heavy atom. The van der Waals surface area contributed by atoms with E-state index in [0.717, 1.165) is 12.8 Å². The lowest BCUT2D eigenvalue weighted by molar-refractivity contribution is 0.0896. The van der Waals surface area contributed by atoms with Gasteiger partial charge in [-0.25, -0.2) is 14.4 Å². The van der Waals surface area contributed by atoms with Crippen molar-refractivity contribution in [3.8, 4) is 6.07 Å². The summed E-state index contributed by atoms with van der Waals surface area (Å²) in [7, 11) is 3.33. The average Bonchev–Trinajstić information content (AvgIpc) is 3.18. The molecule has 1 aliphatic carbocycles. The van der Waals surface area contributed by atoms with Gasteiger partial charge in [0.25, 0.3) is 5.91 Å². The molecule has 4 rings (SSSR count). The minimum Gasteiger partial charge on any atom is -0.387 e. The van der Waals surface area contributed by atoms with E-state index in [2.05, 4.69) is 36.6 Å². The number of aliphatic imine (C=N–C) groups is 1. The van der Waals surface area contributed by atoms with Crippen LogP contribution in [0.2, 0.25) is 0 Å². The molecule has 9 heteroatoms. The van der Waals surface area contributed by atoms with Crippen LogP contribution in [-0.4, -0.2) is 46.7 Å². The van der Waals surface area contributed by atoms with Crippen LogP contribution in [0.25, 0.3) is 11.2 Å². The minimum atomic E-state index is -0.360. The summed E-state index contributed by atoms with van der Waals surface area (Å²) in [5, 5.41) is 15.0. The van der Waals surface area contributed by atoms with Gasteiger partial charge >= 0.3 is 0 Å². The number of halogens is 1. The van der Waals surface area contributed by atoms with E-state index in [1.165, 1.54) is 12.1 Å². The highest BCUT2D eigenvalue weighted by molar-refractivity contribution is 6.15. The lowest BCUT2D eigenvalue weighted by Crippen LogP contribution is -2.43. The number of amides is 1. The molecule has 8 nitrogen and oxygen atoms in total. The Balaban J connectivity index is 1.63. The smallest absolute Gasteiger partial charge is 0.255 e. The first-order valence-electron chi connectivity index (χ1n) is 10.4. The Hall–Kier alpha value is -3.80. The van der Waals surface area contributed by atoms with Crippen molar-refractivity contribution in [2.45, 2.75) is 25.8 Å². The zero-order chi connectivity index (χ0) is 22.8. The van der Waals surface area contributed by atoms with Crippen molar-refractivity contribution in [2.75, 3.05) is 19.4 Å². The zero-order valence-electron chi connectivity index (χ0n) is 18.1. The second-order valence-corrected chi connectivity index (χ2v) is 7.99. The molecule has 32 heavy (non-hydrogen) atoms. The van der Waals surface area contributed by atoms with Gasteiger partial charge in [-0.1, -0.05) is 0 Å². The summed E-state index contributed by atoms with van der Waals surface area (Å²) in [6.07, 6.45) is 4.77. The van der Waals surface area contributed by atoms with Crippen LogP contribution in [-0.2, 0) is 0 Å². The molecule has 1 unspecified atom stereocenters. The second-order valence-electron chi connectivity index (χ2n) is 7.99. The molecule has 2 heterocycles. The quantitative estimate of drug-likeness (QED) is 0.516. The van der Waals surface area contributed by atoms with Crippen LogP contribution < -0.4 is 10.6 Å². The number of nitriles is 1. The van der Waals surface area contributed by atoms with Gasteiger partial charge in [-0.3, -0.25) is 9.79 Å². The number of rotatable bonds is 6. The highest BCUT2D eigenvalue weighted by Crippen LogP contribution is 2.35. The number of H-pyrrole nitrogens is 1. The van der Waals surface area contributed by atoms with Crippen LogP contribution in [0.15, 0.2) is 35.6 Å². The van der Waals surface area contributed by atoms with Gasteiger partial charge in [-0.05, 0) is 43.9 Å². The van der Waals surface area contributed by atoms with E-state index in [-0.39, 0.29) is 23.7 Å². The second kappa shape index (κ2) is 8.75. The molecule has 3 aromatic rings. The summed E-state index contributed by atoms with van der Waals surface area (Å²) in [5.74, 6) is -0.223. The monoisotopic (exact) mass is 433 g/mol. The van der Waals surface area contributed by atoms with E-state index in [9.17, 15) is 9.18 Å². The Morgan fingerprint density at radius 2 is 2.16 bits per heavy atom. The minimum absolute atomic E-state index is 0.0432. The maximum atomic E-state index is 13.7. The van der Waals surface area contributed by atoms with Crippen LogP contribution in [0.1, 0.15) is 41.4 Å². The molecule has 0 spiro atoms. The first-order chi connectivity index (χ1) is 15.4. The van der Waals surface area contributed by atoms with E-state index in [1.54, 1.807) is 32.6 Å². The molecule has 2 aromatic heterocycles. The van der Waals surface area contributed by atoms with Crippen molar-refractivity contribution in [3.05, 3.63) is 53.2 Å². The molecule has 0 saturated heterocycles. The molecular weight excluding hydrogens is 409 g/mol. The average molecular weight is 433 g/mol. The Morgan fingerprint density at radius 3 is 2.84 bits per heavy atom. The van der Waals surface area contributed by atoms with Crippen molar-refractivity contribution >= 4 is 28.5 Å². The van der Waals surface area contributed by atoms with Gasteiger partial charge in [0.15, 0.2) is 5.65 Å². The van der Waals surface area contributed by atoms with Crippen LogP contribution in [0.4, 0.5) is 10.1 Å². The number of aromatic nitrogens is 3. The SMILES string of the molecule is C/N=C(/c1cnc2[nH]cc(C(=O)NC(C)C3CC(C#N)C3)c2n1)c1ccc(F)cc1NC. The summed E-state index contributed by atoms with van der Waals surface area (Å²) in [5.41, 5.74) is 3.57. The fourth-order valence-corrected chi connectivity index (χ4v) is 4.06. The van der Waals surface area contributed by atoms with Crippen molar-refractivity contribution in [2.24, 2.45) is 16.8 Å². The van der Waals surface area contributed by atoms with Gasteiger partial charge in [0.1, 0.15) is 17.0 Å². The number of nitrogens with zero attached hydrogens (tertiary/aromatic N) is 4. The molecule has 3 N–H and O–H groups in total. The van der Waals surface area contributed by atoms with E-state index >= 15 is 0 Å². The number of nitrogens with one attached hydrogen (secondary N) is 3. The highest BCUT2D eigenvalue weighted by atomic mass is 19.1. The number of benzene rings is 1. The fourth-order valence-electron chi connectivity index (χ4n) is 4.06.